The van der Waals surface area contributed by atoms with E-state index in [1.165, 1.54) is 21.7 Å². The standard InChI is InChI=1S/C23H31N3O3/c1-16-7-6-8-20(17(16)2)26-13-11-25(12-14-26)18(3)23(27)24-19-9-10-21(28-4)22(15-19)29-5/h6-10,15,18H,11-14H2,1-5H3,(H,24,27)/p+1/t18-/m1/s1. The van der Waals surface area contributed by atoms with Gasteiger partial charge >= 0.3 is 0 Å². The first-order chi connectivity index (χ1) is 13.9. The van der Waals surface area contributed by atoms with Crippen molar-refractivity contribution in [3.8, 4) is 11.5 Å². The van der Waals surface area contributed by atoms with Crippen LogP contribution in [0.4, 0.5) is 11.4 Å². The number of quaternary nitrogens is 1. The van der Waals surface area contributed by atoms with Gasteiger partial charge in [0.2, 0.25) is 0 Å². The second kappa shape index (κ2) is 9.18. The summed E-state index contributed by atoms with van der Waals surface area (Å²) in [6, 6.07) is 11.8. The predicted octanol–water partition coefficient (Wildman–Crippen LogP) is 2.05. The summed E-state index contributed by atoms with van der Waals surface area (Å²) in [5.74, 6) is 1.27. The molecule has 156 valence electrons. The smallest absolute Gasteiger partial charge is 0.282 e. The maximum Gasteiger partial charge on any atom is 0.282 e. The predicted molar refractivity (Wildman–Crippen MR) is 116 cm³/mol. The van der Waals surface area contributed by atoms with E-state index < -0.39 is 0 Å². The second-order valence-corrected chi connectivity index (χ2v) is 7.65. The Balaban J connectivity index is 1.59. The van der Waals surface area contributed by atoms with Gasteiger partial charge in [-0.05, 0) is 50.1 Å². The molecule has 3 rings (SSSR count). The molecular weight excluding hydrogens is 366 g/mol. The van der Waals surface area contributed by atoms with Crippen LogP contribution in [0.1, 0.15) is 18.1 Å². The molecule has 1 aliphatic rings. The van der Waals surface area contributed by atoms with Gasteiger partial charge < -0.3 is 24.6 Å². The van der Waals surface area contributed by atoms with E-state index in [1.807, 2.05) is 13.0 Å². The molecule has 6 nitrogen and oxygen atoms in total. The first kappa shape index (κ1) is 21.0. The fourth-order valence-electron chi connectivity index (χ4n) is 3.90. The number of methoxy groups -OCH3 is 2. The van der Waals surface area contributed by atoms with Gasteiger partial charge in [0.05, 0.1) is 40.4 Å². The molecule has 0 unspecified atom stereocenters. The highest BCUT2D eigenvalue weighted by Gasteiger charge is 2.29. The van der Waals surface area contributed by atoms with Gasteiger partial charge in [0.15, 0.2) is 17.5 Å². The van der Waals surface area contributed by atoms with E-state index in [4.69, 9.17) is 9.47 Å². The highest BCUT2D eigenvalue weighted by molar-refractivity contribution is 5.94. The Hall–Kier alpha value is -2.73. The van der Waals surface area contributed by atoms with Crippen LogP contribution >= 0.6 is 0 Å². The number of hydrogen-bond donors (Lipinski definition) is 2. The number of ether oxygens (including phenoxy) is 2. The number of hydrogen-bond acceptors (Lipinski definition) is 4. The van der Waals surface area contributed by atoms with Crippen LogP contribution in [0.5, 0.6) is 11.5 Å². The monoisotopic (exact) mass is 398 g/mol. The number of anilines is 2. The normalized spacial score (nSPS) is 15.7. The Kier molecular flexibility index (Phi) is 6.64. The van der Waals surface area contributed by atoms with Crippen molar-refractivity contribution in [2.24, 2.45) is 0 Å². The molecule has 1 saturated heterocycles. The Morgan fingerprint density at radius 2 is 1.76 bits per heavy atom. The molecule has 0 aliphatic carbocycles. The molecule has 0 aromatic heterocycles. The van der Waals surface area contributed by atoms with Crippen LogP contribution in [0, 0.1) is 13.8 Å². The number of benzene rings is 2. The summed E-state index contributed by atoms with van der Waals surface area (Å²) in [5, 5.41) is 3.02. The minimum atomic E-state index is -0.121. The fraction of sp³-hybridized carbons (Fsp3) is 0.435. The van der Waals surface area contributed by atoms with Crippen molar-refractivity contribution in [3.05, 3.63) is 47.5 Å². The number of carbonyl (C=O) groups excluding carboxylic acids is 1. The molecule has 1 fully saturated rings. The zero-order valence-corrected chi connectivity index (χ0v) is 18.0. The Morgan fingerprint density at radius 3 is 2.41 bits per heavy atom. The van der Waals surface area contributed by atoms with E-state index in [-0.39, 0.29) is 11.9 Å². The van der Waals surface area contributed by atoms with Crippen LogP contribution in [0.15, 0.2) is 36.4 Å². The molecule has 1 amide bonds. The van der Waals surface area contributed by atoms with Crippen LogP contribution in [0.3, 0.4) is 0 Å². The van der Waals surface area contributed by atoms with Crippen molar-refractivity contribution in [2.75, 3.05) is 50.6 Å². The van der Waals surface area contributed by atoms with Crippen molar-refractivity contribution in [2.45, 2.75) is 26.8 Å². The van der Waals surface area contributed by atoms with Gasteiger partial charge in [0, 0.05) is 17.4 Å². The average molecular weight is 399 g/mol. The van der Waals surface area contributed by atoms with Crippen molar-refractivity contribution < 1.29 is 19.2 Å². The topological polar surface area (TPSA) is 55.2 Å². The first-order valence-corrected chi connectivity index (χ1v) is 10.1. The lowest BCUT2D eigenvalue weighted by Crippen LogP contribution is -3.19. The maximum atomic E-state index is 12.8. The summed E-state index contributed by atoms with van der Waals surface area (Å²) in [4.78, 5) is 16.5. The van der Waals surface area contributed by atoms with Gasteiger partial charge in [0.1, 0.15) is 0 Å². The molecule has 0 spiro atoms. The number of nitrogens with zero attached hydrogens (tertiary/aromatic N) is 1. The van der Waals surface area contributed by atoms with E-state index in [0.717, 1.165) is 26.2 Å². The third-order valence-corrected chi connectivity index (χ3v) is 5.98. The second-order valence-electron chi connectivity index (χ2n) is 7.65. The summed E-state index contributed by atoms with van der Waals surface area (Å²) < 4.78 is 10.6. The van der Waals surface area contributed by atoms with Crippen LogP contribution in [0.2, 0.25) is 0 Å². The molecular formula is C23H32N3O3+. The summed E-state index contributed by atoms with van der Waals surface area (Å²) >= 11 is 0. The zero-order chi connectivity index (χ0) is 21.0. The van der Waals surface area contributed by atoms with E-state index in [9.17, 15) is 4.79 Å². The Bertz CT molecular complexity index is 860. The molecule has 0 radical (unpaired) electrons. The lowest BCUT2D eigenvalue weighted by molar-refractivity contribution is -0.914. The van der Waals surface area contributed by atoms with E-state index in [1.54, 1.807) is 26.4 Å². The van der Waals surface area contributed by atoms with Gasteiger partial charge in [-0.2, -0.15) is 0 Å². The molecule has 0 saturated carbocycles. The van der Waals surface area contributed by atoms with Crippen molar-refractivity contribution in [3.63, 3.8) is 0 Å². The summed E-state index contributed by atoms with van der Waals surface area (Å²) in [6.07, 6.45) is 0. The number of amides is 1. The lowest BCUT2D eigenvalue weighted by Gasteiger charge is -2.36. The Morgan fingerprint density at radius 1 is 1.07 bits per heavy atom. The highest BCUT2D eigenvalue weighted by Crippen LogP contribution is 2.29. The molecule has 6 heteroatoms. The number of nitrogens with one attached hydrogen (secondary N) is 2. The molecule has 0 bridgehead atoms. The number of aryl methyl sites for hydroxylation is 1. The largest absolute Gasteiger partial charge is 0.493 e. The van der Waals surface area contributed by atoms with Crippen molar-refractivity contribution in [1.29, 1.82) is 0 Å². The molecule has 2 N–H and O–H groups in total. The van der Waals surface area contributed by atoms with E-state index >= 15 is 0 Å². The summed E-state index contributed by atoms with van der Waals surface area (Å²) in [5.41, 5.74) is 4.69. The van der Waals surface area contributed by atoms with Gasteiger partial charge in [-0.1, -0.05) is 12.1 Å². The van der Waals surface area contributed by atoms with Gasteiger partial charge in [-0.15, -0.1) is 0 Å². The van der Waals surface area contributed by atoms with Gasteiger partial charge in [-0.3, -0.25) is 4.79 Å². The van der Waals surface area contributed by atoms with Crippen LogP contribution in [-0.2, 0) is 4.79 Å². The van der Waals surface area contributed by atoms with Gasteiger partial charge in [0.25, 0.3) is 5.91 Å². The van der Waals surface area contributed by atoms with Gasteiger partial charge in [-0.25, -0.2) is 0 Å². The minimum Gasteiger partial charge on any atom is -0.493 e. The zero-order valence-electron chi connectivity index (χ0n) is 18.0. The highest BCUT2D eigenvalue weighted by atomic mass is 16.5. The quantitative estimate of drug-likeness (QED) is 0.782. The Labute approximate surface area is 173 Å². The molecule has 1 heterocycles. The number of piperazine rings is 1. The lowest BCUT2D eigenvalue weighted by atomic mass is 10.1. The van der Waals surface area contributed by atoms with Crippen LogP contribution in [-0.4, -0.2) is 52.3 Å². The van der Waals surface area contributed by atoms with E-state index in [0.29, 0.717) is 17.2 Å². The minimum absolute atomic E-state index is 0.0207. The van der Waals surface area contributed by atoms with Crippen molar-refractivity contribution in [1.82, 2.24) is 0 Å². The van der Waals surface area contributed by atoms with E-state index in [2.05, 4.69) is 42.3 Å². The molecule has 1 atom stereocenters. The van der Waals surface area contributed by atoms with Crippen LogP contribution in [0.25, 0.3) is 0 Å². The van der Waals surface area contributed by atoms with Crippen LogP contribution < -0.4 is 24.6 Å². The summed E-state index contributed by atoms with van der Waals surface area (Å²) in [6.45, 7) is 10.1. The third kappa shape index (κ3) is 4.65. The fourth-order valence-corrected chi connectivity index (χ4v) is 3.90. The first-order valence-electron chi connectivity index (χ1n) is 10.1. The average Bonchev–Trinajstić information content (AvgIpc) is 2.75. The molecule has 2 aromatic carbocycles. The summed E-state index contributed by atoms with van der Waals surface area (Å²) in [7, 11) is 3.19. The maximum absolute atomic E-state index is 12.8. The van der Waals surface area contributed by atoms with Crippen molar-refractivity contribution >= 4 is 17.3 Å². The number of carbonyl (C=O) groups is 1. The third-order valence-electron chi connectivity index (χ3n) is 5.98. The molecule has 29 heavy (non-hydrogen) atoms. The SMILES string of the molecule is COc1ccc(NC(=O)[C@@H](C)[NH+]2CCN(c3cccc(C)c3C)CC2)cc1OC. The number of rotatable bonds is 6. The molecule has 2 aromatic rings. The molecule has 1 aliphatic heterocycles.